The van der Waals surface area contributed by atoms with E-state index < -0.39 is 0 Å². The predicted octanol–water partition coefficient (Wildman–Crippen LogP) is 3.33. The Bertz CT molecular complexity index is 1130. The lowest BCUT2D eigenvalue weighted by Crippen LogP contribution is -2.50. The predicted molar refractivity (Wildman–Crippen MR) is 129 cm³/mol. The van der Waals surface area contributed by atoms with Gasteiger partial charge in [0.05, 0.1) is 24.2 Å². The molecule has 0 unspecified atom stereocenters. The standard InChI is InChI=1S/C26H29FN4O4/c1-18-24(19(2)35-29-18)17-34-23-9-3-20(4-10-23)15-26(33)31-13-11-30(12-14-31)16-25(32)28-22-7-5-21(27)6-8-22/h3-10H,11-17H2,1-2H3,(H,28,32). The van der Waals surface area contributed by atoms with Crippen LogP contribution in [0.1, 0.15) is 22.6 Å². The minimum Gasteiger partial charge on any atom is -0.489 e. The number of halogens is 1. The number of hydrogen-bond donors (Lipinski definition) is 1. The van der Waals surface area contributed by atoms with E-state index in [4.69, 9.17) is 9.26 Å². The Labute approximate surface area is 203 Å². The van der Waals surface area contributed by atoms with Crippen LogP contribution in [0.15, 0.2) is 53.1 Å². The van der Waals surface area contributed by atoms with Crippen LogP contribution in [0.2, 0.25) is 0 Å². The van der Waals surface area contributed by atoms with Gasteiger partial charge in [0, 0.05) is 31.9 Å². The topological polar surface area (TPSA) is 87.9 Å². The number of carbonyl (C=O) groups is 2. The van der Waals surface area contributed by atoms with Gasteiger partial charge in [-0.2, -0.15) is 0 Å². The maximum absolute atomic E-state index is 13.0. The minimum atomic E-state index is -0.346. The first kappa shape index (κ1) is 24.4. The number of carbonyl (C=O) groups excluding carboxylic acids is 2. The number of amides is 2. The van der Waals surface area contributed by atoms with Crippen molar-refractivity contribution in [2.75, 3.05) is 38.0 Å². The molecule has 1 aliphatic rings. The summed E-state index contributed by atoms with van der Waals surface area (Å²) in [5.41, 5.74) is 3.24. The van der Waals surface area contributed by atoms with E-state index >= 15 is 0 Å². The highest BCUT2D eigenvalue weighted by atomic mass is 19.1. The number of ether oxygens (including phenoxy) is 1. The van der Waals surface area contributed by atoms with E-state index in [-0.39, 0.29) is 24.2 Å². The Morgan fingerprint density at radius 1 is 1.03 bits per heavy atom. The SMILES string of the molecule is Cc1noc(C)c1COc1ccc(CC(=O)N2CCN(CC(=O)Nc3ccc(F)cc3)CC2)cc1. The van der Waals surface area contributed by atoms with Crippen LogP contribution in [0, 0.1) is 19.7 Å². The summed E-state index contributed by atoms with van der Waals surface area (Å²) in [6.07, 6.45) is 0.315. The van der Waals surface area contributed by atoms with Crippen LogP contribution in [0.5, 0.6) is 5.75 Å². The van der Waals surface area contributed by atoms with Crippen molar-refractivity contribution < 1.29 is 23.2 Å². The Balaban J connectivity index is 1.19. The van der Waals surface area contributed by atoms with Crippen molar-refractivity contribution >= 4 is 17.5 Å². The summed E-state index contributed by atoms with van der Waals surface area (Å²) < 4.78 is 24.0. The molecule has 0 bridgehead atoms. The third kappa shape index (κ3) is 6.66. The minimum absolute atomic E-state index is 0.0600. The largest absolute Gasteiger partial charge is 0.489 e. The molecule has 9 heteroatoms. The van der Waals surface area contributed by atoms with E-state index in [2.05, 4.69) is 10.5 Å². The van der Waals surface area contributed by atoms with E-state index in [1.54, 1.807) is 0 Å². The van der Waals surface area contributed by atoms with Gasteiger partial charge in [-0.25, -0.2) is 4.39 Å². The van der Waals surface area contributed by atoms with Gasteiger partial charge < -0.3 is 19.5 Å². The molecule has 1 saturated heterocycles. The summed E-state index contributed by atoms with van der Waals surface area (Å²) in [7, 11) is 0. The third-order valence-electron chi connectivity index (χ3n) is 6.06. The maximum atomic E-state index is 13.0. The zero-order chi connectivity index (χ0) is 24.8. The molecule has 1 N–H and O–H groups in total. The number of anilines is 1. The van der Waals surface area contributed by atoms with Gasteiger partial charge >= 0.3 is 0 Å². The van der Waals surface area contributed by atoms with Crippen LogP contribution >= 0.6 is 0 Å². The van der Waals surface area contributed by atoms with Crippen LogP contribution in [0.4, 0.5) is 10.1 Å². The Kier molecular flexibility index (Phi) is 7.77. The van der Waals surface area contributed by atoms with Crippen molar-refractivity contribution in [2.45, 2.75) is 26.9 Å². The van der Waals surface area contributed by atoms with Gasteiger partial charge in [-0.05, 0) is 55.8 Å². The van der Waals surface area contributed by atoms with Gasteiger partial charge in [0.1, 0.15) is 23.9 Å². The summed E-state index contributed by atoms with van der Waals surface area (Å²) in [6.45, 7) is 6.74. The third-order valence-corrected chi connectivity index (χ3v) is 6.06. The van der Waals surface area contributed by atoms with E-state index in [9.17, 15) is 14.0 Å². The fraction of sp³-hybridized carbons (Fsp3) is 0.346. The molecule has 0 radical (unpaired) electrons. The van der Waals surface area contributed by atoms with Crippen LogP contribution < -0.4 is 10.1 Å². The number of hydrogen-bond acceptors (Lipinski definition) is 6. The van der Waals surface area contributed by atoms with Gasteiger partial charge in [-0.1, -0.05) is 17.3 Å². The second-order valence-electron chi connectivity index (χ2n) is 8.62. The van der Waals surface area contributed by atoms with E-state index in [1.165, 1.54) is 24.3 Å². The van der Waals surface area contributed by atoms with Crippen molar-refractivity contribution in [1.82, 2.24) is 15.0 Å². The van der Waals surface area contributed by atoms with Crippen LogP contribution in [0.25, 0.3) is 0 Å². The zero-order valence-corrected chi connectivity index (χ0v) is 19.9. The van der Waals surface area contributed by atoms with Gasteiger partial charge in [0.2, 0.25) is 11.8 Å². The summed E-state index contributed by atoms with van der Waals surface area (Å²) in [6, 6.07) is 13.2. The fourth-order valence-electron chi connectivity index (χ4n) is 3.95. The molecule has 0 atom stereocenters. The van der Waals surface area contributed by atoms with E-state index in [0.717, 1.165) is 22.6 Å². The molecule has 2 heterocycles. The normalized spacial score (nSPS) is 14.1. The summed E-state index contributed by atoms with van der Waals surface area (Å²) in [5, 5.41) is 6.69. The van der Waals surface area contributed by atoms with Crippen molar-refractivity contribution in [1.29, 1.82) is 0 Å². The highest BCUT2D eigenvalue weighted by Gasteiger charge is 2.22. The van der Waals surface area contributed by atoms with Gasteiger partial charge in [0.15, 0.2) is 0 Å². The smallest absolute Gasteiger partial charge is 0.238 e. The summed E-state index contributed by atoms with van der Waals surface area (Å²) >= 11 is 0. The Hall–Kier alpha value is -3.72. The second kappa shape index (κ2) is 11.1. The number of aromatic nitrogens is 1. The molecular formula is C26H29FN4O4. The number of rotatable bonds is 8. The van der Waals surface area contributed by atoms with Crippen molar-refractivity contribution in [3.05, 3.63) is 76.9 Å². The molecule has 0 saturated carbocycles. The highest BCUT2D eigenvalue weighted by molar-refractivity contribution is 5.92. The first-order valence-electron chi connectivity index (χ1n) is 11.6. The van der Waals surface area contributed by atoms with Gasteiger partial charge in [-0.3, -0.25) is 14.5 Å². The molecule has 8 nitrogen and oxygen atoms in total. The molecule has 1 aromatic heterocycles. The zero-order valence-electron chi connectivity index (χ0n) is 19.9. The molecule has 2 amide bonds. The van der Waals surface area contributed by atoms with Gasteiger partial charge in [0.25, 0.3) is 0 Å². The summed E-state index contributed by atoms with van der Waals surface area (Å²) in [4.78, 5) is 28.8. The summed E-state index contributed by atoms with van der Waals surface area (Å²) in [5.74, 6) is 1.02. The molecule has 0 spiro atoms. The molecule has 3 aromatic rings. The molecule has 35 heavy (non-hydrogen) atoms. The van der Waals surface area contributed by atoms with E-state index in [1.807, 2.05) is 47.9 Å². The van der Waals surface area contributed by atoms with Crippen LogP contribution in [-0.2, 0) is 22.6 Å². The molecule has 2 aromatic carbocycles. The average Bonchev–Trinajstić information content (AvgIpc) is 3.17. The van der Waals surface area contributed by atoms with Crippen molar-refractivity contribution in [3.8, 4) is 5.75 Å². The monoisotopic (exact) mass is 480 g/mol. The van der Waals surface area contributed by atoms with Crippen LogP contribution in [0.3, 0.4) is 0 Å². The van der Waals surface area contributed by atoms with Crippen molar-refractivity contribution in [2.24, 2.45) is 0 Å². The van der Waals surface area contributed by atoms with Gasteiger partial charge in [-0.15, -0.1) is 0 Å². The highest BCUT2D eigenvalue weighted by Crippen LogP contribution is 2.18. The lowest BCUT2D eigenvalue weighted by Gasteiger charge is -2.34. The quantitative estimate of drug-likeness (QED) is 0.532. The lowest BCUT2D eigenvalue weighted by molar-refractivity contribution is -0.132. The Morgan fingerprint density at radius 2 is 1.71 bits per heavy atom. The number of benzene rings is 2. The second-order valence-corrected chi connectivity index (χ2v) is 8.62. The van der Waals surface area contributed by atoms with Crippen molar-refractivity contribution in [3.63, 3.8) is 0 Å². The lowest BCUT2D eigenvalue weighted by atomic mass is 10.1. The number of aryl methyl sites for hydroxylation is 2. The van der Waals surface area contributed by atoms with Crippen LogP contribution in [-0.4, -0.2) is 59.5 Å². The molecule has 184 valence electrons. The average molecular weight is 481 g/mol. The Morgan fingerprint density at radius 3 is 2.34 bits per heavy atom. The molecule has 1 aliphatic heterocycles. The molecule has 1 fully saturated rings. The number of nitrogens with one attached hydrogen (secondary N) is 1. The molecule has 4 rings (SSSR count). The maximum Gasteiger partial charge on any atom is 0.238 e. The number of piperazine rings is 1. The van der Waals surface area contributed by atoms with E-state index in [0.29, 0.717) is 50.6 Å². The molecular weight excluding hydrogens is 451 g/mol. The molecule has 0 aliphatic carbocycles. The first-order valence-corrected chi connectivity index (χ1v) is 11.6. The number of nitrogens with zero attached hydrogens (tertiary/aromatic N) is 3. The first-order chi connectivity index (χ1) is 16.9. The fourth-order valence-corrected chi connectivity index (χ4v) is 3.95.